The Morgan fingerprint density at radius 1 is 1.47 bits per heavy atom. The highest BCUT2D eigenvalue weighted by molar-refractivity contribution is 7.55. The summed E-state index contributed by atoms with van der Waals surface area (Å²) < 4.78 is 28.2. The van der Waals surface area contributed by atoms with E-state index in [2.05, 4.69) is 6.58 Å². The van der Waals surface area contributed by atoms with Gasteiger partial charge in [-0.3, -0.25) is 9.36 Å². The number of hydrogen-bond donors (Lipinski definition) is 0. The van der Waals surface area contributed by atoms with E-state index in [-0.39, 0.29) is 36.7 Å². The van der Waals surface area contributed by atoms with Crippen LogP contribution < -0.4 is 0 Å². The maximum atomic E-state index is 12.6. The third-order valence-corrected chi connectivity index (χ3v) is 4.91. The van der Waals surface area contributed by atoms with Crippen LogP contribution >= 0.6 is 19.2 Å². The average Bonchev–Trinajstić information content (AvgIpc) is 2.30. The summed E-state index contributed by atoms with van der Waals surface area (Å²) in [5.41, 5.74) is -1.28. The third-order valence-electron chi connectivity index (χ3n) is 2.63. The average molecular weight is 311 g/mol. The Morgan fingerprint density at radius 2 is 2.00 bits per heavy atom. The van der Waals surface area contributed by atoms with E-state index >= 15 is 0 Å². The van der Waals surface area contributed by atoms with Crippen molar-refractivity contribution in [3.05, 3.63) is 11.6 Å². The molecule has 0 amide bonds. The molecule has 0 radical (unpaired) electrons. The monoisotopic (exact) mass is 310 g/mol. The van der Waals surface area contributed by atoms with Gasteiger partial charge in [0.05, 0.1) is 19.8 Å². The van der Waals surface area contributed by atoms with E-state index in [4.69, 9.17) is 25.4 Å². The standard InChI is InChI=1S/C12H20ClO5P/c1-5-16-11(14)10(6-9(2)13)19(15)17-7-12(3,4)8-18-19/h10H,2,5-8H2,1,3-4H3. The van der Waals surface area contributed by atoms with Crippen LogP contribution in [0.3, 0.4) is 0 Å². The lowest BCUT2D eigenvalue weighted by molar-refractivity contribution is -0.143. The molecule has 0 saturated carbocycles. The molecule has 0 aromatic heterocycles. The van der Waals surface area contributed by atoms with Crippen LogP contribution in [0.25, 0.3) is 0 Å². The second-order valence-corrected chi connectivity index (χ2v) is 7.99. The molecule has 1 rings (SSSR count). The van der Waals surface area contributed by atoms with Crippen LogP contribution in [0.15, 0.2) is 11.6 Å². The molecule has 5 nitrogen and oxygen atoms in total. The van der Waals surface area contributed by atoms with Crippen molar-refractivity contribution >= 4 is 25.2 Å². The quantitative estimate of drug-likeness (QED) is 0.576. The predicted octanol–water partition coefficient (Wildman–Crippen LogP) is 3.33. The van der Waals surface area contributed by atoms with Crippen molar-refractivity contribution in [2.45, 2.75) is 32.9 Å². The van der Waals surface area contributed by atoms with Crippen molar-refractivity contribution < 1.29 is 23.1 Å². The molecule has 0 spiro atoms. The SMILES string of the molecule is C=C(Cl)CC(C(=O)OCC)P1(=O)OCC(C)(C)CO1. The maximum absolute atomic E-state index is 12.6. The molecule has 1 atom stereocenters. The fourth-order valence-electron chi connectivity index (χ4n) is 1.56. The highest BCUT2D eigenvalue weighted by Gasteiger charge is 2.47. The first-order chi connectivity index (χ1) is 8.70. The van der Waals surface area contributed by atoms with Gasteiger partial charge in [-0.15, -0.1) is 0 Å². The molecule has 1 aliphatic rings. The number of halogens is 1. The second kappa shape index (κ2) is 6.40. The minimum atomic E-state index is -3.56. The molecule has 1 heterocycles. The molecule has 1 saturated heterocycles. The molecule has 1 fully saturated rings. The van der Waals surface area contributed by atoms with Gasteiger partial charge in [0, 0.05) is 16.9 Å². The molecular formula is C12H20ClO5P. The van der Waals surface area contributed by atoms with Crippen molar-refractivity contribution in [2.24, 2.45) is 5.41 Å². The van der Waals surface area contributed by atoms with Gasteiger partial charge in [-0.1, -0.05) is 32.0 Å². The lowest BCUT2D eigenvalue weighted by Gasteiger charge is -2.36. The smallest absolute Gasteiger partial charge is 0.345 e. The molecule has 7 heteroatoms. The fourth-order valence-corrected chi connectivity index (χ4v) is 4.09. The van der Waals surface area contributed by atoms with Crippen molar-refractivity contribution in [3.63, 3.8) is 0 Å². The Labute approximate surface area is 118 Å². The number of allylic oxidation sites excluding steroid dienone is 1. The summed E-state index contributed by atoms with van der Waals surface area (Å²) >= 11 is 5.72. The largest absolute Gasteiger partial charge is 0.465 e. The number of hydrogen-bond acceptors (Lipinski definition) is 5. The molecule has 0 N–H and O–H groups in total. The van der Waals surface area contributed by atoms with Crippen LogP contribution in [0.1, 0.15) is 27.2 Å². The highest BCUT2D eigenvalue weighted by Crippen LogP contribution is 2.59. The summed E-state index contributed by atoms with van der Waals surface area (Å²) in [5, 5.41) is 0.213. The molecule has 110 valence electrons. The summed E-state index contributed by atoms with van der Waals surface area (Å²) in [6.07, 6.45) is 0.0120. The van der Waals surface area contributed by atoms with Crippen molar-refractivity contribution in [3.8, 4) is 0 Å². The topological polar surface area (TPSA) is 61.8 Å². The van der Waals surface area contributed by atoms with Crippen LogP contribution in [0, 0.1) is 5.41 Å². The minimum Gasteiger partial charge on any atom is -0.465 e. The molecule has 19 heavy (non-hydrogen) atoms. The molecule has 0 aliphatic carbocycles. The van der Waals surface area contributed by atoms with E-state index in [1.807, 2.05) is 13.8 Å². The molecule has 0 aromatic rings. The van der Waals surface area contributed by atoms with Gasteiger partial charge in [-0.25, -0.2) is 0 Å². The van der Waals surface area contributed by atoms with Crippen LogP contribution in [0.4, 0.5) is 0 Å². The Kier molecular flexibility index (Phi) is 5.63. The van der Waals surface area contributed by atoms with Gasteiger partial charge < -0.3 is 13.8 Å². The number of carbonyl (C=O) groups excluding carboxylic acids is 1. The third kappa shape index (κ3) is 4.60. The van der Waals surface area contributed by atoms with Gasteiger partial charge in [-0.05, 0) is 6.92 Å². The molecule has 0 bridgehead atoms. The van der Waals surface area contributed by atoms with Crippen LogP contribution in [-0.2, 0) is 23.1 Å². The minimum absolute atomic E-state index is 0.0120. The van der Waals surface area contributed by atoms with E-state index in [1.165, 1.54) is 0 Å². The summed E-state index contributed by atoms with van der Waals surface area (Å²) in [6.45, 7) is 9.75. The molecular weight excluding hydrogens is 291 g/mol. The van der Waals surface area contributed by atoms with Gasteiger partial charge in [0.1, 0.15) is 0 Å². The van der Waals surface area contributed by atoms with Crippen molar-refractivity contribution in [2.75, 3.05) is 19.8 Å². The van der Waals surface area contributed by atoms with E-state index in [0.717, 1.165) is 0 Å². The summed E-state index contributed by atoms with van der Waals surface area (Å²) in [7, 11) is -3.56. The van der Waals surface area contributed by atoms with Gasteiger partial charge >= 0.3 is 13.6 Å². The Morgan fingerprint density at radius 3 is 2.42 bits per heavy atom. The maximum Gasteiger partial charge on any atom is 0.345 e. The number of rotatable bonds is 5. The van der Waals surface area contributed by atoms with Gasteiger partial charge in [0.25, 0.3) is 0 Å². The van der Waals surface area contributed by atoms with E-state index < -0.39 is 19.2 Å². The van der Waals surface area contributed by atoms with Crippen LogP contribution in [0.2, 0.25) is 0 Å². The fraction of sp³-hybridized carbons (Fsp3) is 0.750. The van der Waals surface area contributed by atoms with E-state index in [0.29, 0.717) is 0 Å². The Hall–Kier alpha value is -0.350. The van der Waals surface area contributed by atoms with Crippen LogP contribution in [-0.4, -0.2) is 31.4 Å². The number of ether oxygens (including phenoxy) is 1. The van der Waals surface area contributed by atoms with Crippen molar-refractivity contribution in [1.82, 2.24) is 0 Å². The zero-order valence-corrected chi connectivity index (χ0v) is 13.1. The summed E-state index contributed by atoms with van der Waals surface area (Å²) in [5.74, 6) is -0.632. The van der Waals surface area contributed by atoms with Gasteiger partial charge in [0.2, 0.25) is 0 Å². The molecule has 1 aliphatic heterocycles. The Balaban J connectivity index is 2.88. The van der Waals surface area contributed by atoms with Crippen LogP contribution in [0.5, 0.6) is 0 Å². The lowest BCUT2D eigenvalue weighted by atomic mass is 9.97. The number of esters is 1. The van der Waals surface area contributed by atoms with Gasteiger partial charge in [-0.2, -0.15) is 0 Å². The first kappa shape index (κ1) is 16.7. The van der Waals surface area contributed by atoms with E-state index in [1.54, 1.807) is 6.92 Å². The van der Waals surface area contributed by atoms with Crippen molar-refractivity contribution in [1.29, 1.82) is 0 Å². The Bertz CT molecular complexity index is 393. The first-order valence-corrected chi connectivity index (χ1v) is 8.08. The van der Waals surface area contributed by atoms with Gasteiger partial charge in [0.15, 0.2) is 5.66 Å². The molecule has 0 aromatic carbocycles. The second-order valence-electron chi connectivity index (χ2n) is 5.24. The van der Waals surface area contributed by atoms with E-state index in [9.17, 15) is 9.36 Å². The zero-order valence-electron chi connectivity index (χ0n) is 11.5. The summed E-state index contributed by atoms with van der Waals surface area (Å²) in [6, 6.07) is 0. The normalized spacial score (nSPS) is 22.5. The summed E-state index contributed by atoms with van der Waals surface area (Å²) in [4.78, 5) is 11.9. The lowest BCUT2D eigenvalue weighted by Crippen LogP contribution is -2.35. The zero-order chi connectivity index (χ0) is 14.7. The highest BCUT2D eigenvalue weighted by atomic mass is 35.5. The predicted molar refractivity (Wildman–Crippen MR) is 73.3 cm³/mol. The first-order valence-electron chi connectivity index (χ1n) is 6.09. The number of carbonyl (C=O) groups is 1. The molecule has 1 unspecified atom stereocenters.